The summed E-state index contributed by atoms with van der Waals surface area (Å²) in [4.78, 5) is 13.4. The van der Waals surface area contributed by atoms with Gasteiger partial charge in [0.25, 0.3) is 0 Å². The third-order valence-electron chi connectivity index (χ3n) is 3.10. The van der Waals surface area contributed by atoms with Crippen LogP contribution in [0.1, 0.15) is 18.9 Å². The number of alkyl halides is 3. The van der Waals surface area contributed by atoms with E-state index in [1.54, 1.807) is 25.9 Å². The quantitative estimate of drug-likeness (QED) is 0.782. The number of hydrogen-bond donors (Lipinski definition) is 3. The van der Waals surface area contributed by atoms with Crippen LogP contribution >= 0.6 is 0 Å². The van der Waals surface area contributed by atoms with Crippen molar-refractivity contribution >= 4 is 17.4 Å². The minimum atomic E-state index is -4.49. The predicted molar refractivity (Wildman–Crippen MR) is 79.1 cm³/mol. The number of aliphatic hydroxyl groups excluding tert-OH is 1. The van der Waals surface area contributed by atoms with Gasteiger partial charge >= 0.3 is 12.2 Å². The molecule has 5 nitrogen and oxygen atoms in total. The number of rotatable bonds is 5. The first-order chi connectivity index (χ1) is 10.2. The molecule has 8 heteroatoms. The molecule has 1 aromatic carbocycles. The number of anilines is 2. The lowest BCUT2D eigenvalue weighted by molar-refractivity contribution is -0.137. The summed E-state index contributed by atoms with van der Waals surface area (Å²) in [5, 5.41) is 13.9. The van der Waals surface area contributed by atoms with Crippen molar-refractivity contribution in [3.8, 4) is 0 Å². The highest BCUT2D eigenvalue weighted by atomic mass is 19.4. The van der Waals surface area contributed by atoms with Crippen LogP contribution in [0.25, 0.3) is 0 Å². The second-order valence-corrected chi connectivity index (χ2v) is 5.01. The van der Waals surface area contributed by atoms with Crippen LogP contribution < -0.4 is 15.5 Å². The molecule has 22 heavy (non-hydrogen) atoms. The normalized spacial score (nSPS) is 12.7. The molecular weight excluding hydrogens is 299 g/mol. The lowest BCUT2D eigenvalue weighted by atomic mass is 10.1. The Balaban J connectivity index is 3.02. The zero-order chi connectivity index (χ0) is 16.9. The molecule has 3 N–H and O–H groups in total. The summed E-state index contributed by atoms with van der Waals surface area (Å²) in [6, 6.07) is 2.02. The number of halogens is 3. The first-order valence-electron chi connectivity index (χ1n) is 6.76. The van der Waals surface area contributed by atoms with E-state index in [1.165, 1.54) is 6.07 Å². The third-order valence-corrected chi connectivity index (χ3v) is 3.10. The van der Waals surface area contributed by atoms with Crippen molar-refractivity contribution in [1.29, 1.82) is 0 Å². The topological polar surface area (TPSA) is 64.6 Å². The standard InChI is InChI=1S/C14H20F3N3O2/c1-4-10(8-21)18-13(22)19-11-7-9(14(15,16)17)5-6-12(11)20(2)3/h5-7,10,21H,4,8H2,1-3H3,(H2,18,19,22). The Bertz CT molecular complexity index is 515. The number of hydrogen-bond acceptors (Lipinski definition) is 3. The molecule has 0 aliphatic rings. The molecule has 1 atom stereocenters. The second kappa shape index (κ2) is 7.35. The van der Waals surface area contributed by atoms with Gasteiger partial charge in [0.15, 0.2) is 0 Å². The highest BCUT2D eigenvalue weighted by molar-refractivity contribution is 5.93. The Morgan fingerprint density at radius 1 is 1.36 bits per heavy atom. The van der Waals surface area contributed by atoms with Gasteiger partial charge < -0.3 is 20.6 Å². The van der Waals surface area contributed by atoms with Crippen molar-refractivity contribution in [3.05, 3.63) is 23.8 Å². The Labute approximate surface area is 127 Å². The van der Waals surface area contributed by atoms with E-state index in [1.807, 2.05) is 0 Å². The molecule has 0 saturated heterocycles. The number of nitrogens with zero attached hydrogens (tertiary/aromatic N) is 1. The summed E-state index contributed by atoms with van der Waals surface area (Å²) in [5.41, 5.74) is -0.354. The van der Waals surface area contributed by atoms with Gasteiger partial charge in [0.2, 0.25) is 0 Å². The number of carbonyl (C=O) groups is 1. The van der Waals surface area contributed by atoms with E-state index in [-0.39, 0.29) is 12.3 Å². The molecule has 2 amide bonds. The predicted octanol–water partition coefficient (Wildman–Crippen LogP) is 2.66. The number of amides is 2. The molecule has 124 valence electrons. The maximum Gasteiger partial charge on any atom is 0.416 e. The van der Waals surface area contributed by atoms with Crippen LogP contribution in [0.15, 0.2) is 18.2 Å². The molecule has 0 radical (unpaired) electrons. The number of benzene rings is 1. The van der Waals surface area contributed by atoms with E-state index < -0.39 is 23.8 Å². The van der Waals surface area contributed by atoms with Gasteiger partial charge in [-0.3, -0.25) is 0 Å². The zero-order valence-electron chi connectivity index (χ0n) is 12.7. The summed E-state index contributed by atoms with van der Waals surface area (Å²) in [6.07, 6.45) is -3.98. The maximum atomic E-state index is 12.8. The average Bonchev–Trinajstić information content (AvgIpc) is 2.43. The van der Waals surface area contributed by atoms with Gasteiger partial charge in [-0.2, -0.15) is 13.2 Å². The fourth-order valence-corrected chi connectivity index (χ4v) is 1.82. The molecule has 0 aliphatic carbocycles. The molecule has 0 heterocycles. The smallest absolute Gasteiger partial charge is 0.394 e. The monoisotopic (exact) mass is 319 g/mol. The number of nitrogens with one attached hydrogen (secondary N) is 2. The molecule has 1 aromatic rings. The van der Waals surface area contributed by atoms with E-state index in [0.717, 1.165) is 12.1 Å². The number of carbonyl (C=O) groups excluding carboxylic acids is 1. The van der Waals surface area contributed by atoms with Gasteiger partial charge in [-0.05, 0) is 24.6 Å². The van der Waals surface area contributed by atoms with Crippen molar-refractivity contribution < 1.29 is 23.1 Å². The molecule has 0 fully saturated rings. The van der Waals surface area contributed by atoms with E-state index in [4.69, 9.17) is 5.11 Å². The fraction of sp³-hybridized carbons (Fsp3) is 0.500. The molecule has 0 aromatic heterocycles. The van der Waals surface area contributed by atoms with Crippen molar-refractivity contribution in [1.82, 2.24) is 5.32 Å². The first-order valence-corrected chi connectivity index (χ1v) is 6.76. The molecule has 0 bridgehead atoms. The molecule has 1 rings (SSSR count). The van der Waals surface area contributed by atoms with Gasteiger partial charge in [-0.15, -0.1) is 0 Å². The van der Waals surface area contributed by atoms with Gasteiger partial charge in [0.05, 0.1) is 29.6 Å². The van der Waals surface area contributed by atoms with Crippen molar-refractivity contribution in [2.24, 2.45) is 0 Å². The highest BCUT2D eigenvalue weighted by Gasteiger charge is 2.31. The number of aliphatic hydroxyl groups is 1. The van der Waals surface area contributed by atoms with Crippen LogP contribution in [0.2, 0.25) is 0 Å². The highest BCUT2D eigenvalue weighted by Crippen LogP contribution is 2.34. The lowest BCUT2D eigenvalue weighted by Gasteiger charge is -2.21. The van der Waals surface area contributed by atoms with Crippen molar-refractivity contribution in [2.75, 3.05) is 30.9 Å². The Kier molecular flexibility index (Phi) is 6.04. The Hall–Kier alpha value is -1.96. The van der Waals surface area contributed by atoms with Gasteiger partial charge in [-0.1, -0.05) is 6.92 Å². The van der Waals surface area contributed by atoms with Crippen LogP contribution in [0.3, 0.4) is 0 Å². The van der Waals surface area contributed by atoms with Gasteiger partial charge in [0.1, 0.15) is 0 Å². The third kappa shape index (κ3) is 4.80. The molecular formula is C14H20F3N3O2. The van der Waals surface area contributed by atoms with Crippen molar-refractivity contribution in [2.45, 2.75) is 25.6 Å². The average molecular weight is 319 g/mol. The summed E-state index contributed by atoms with van der Waals surface area (Å²) in [6.45, 7) is 1.53. The summed E-state index contributed by atoms with van der Waals surface area (Å²) in [7, 11) is 3.32. The summed E-state index contributed by atoms with van der Waals surface area (Å²) in [5.74, 6) is 0. The van der Waals surface area contributed by atoms with Crippen LogP contribution in [-0.4, -0.2) is 37.9 Å². The van der Waals surface area contributed by atoms with Crippen LogP contribution in [0, 0.1) is 0 Å². The minimum absolute atomic E-state index is 0.0464. The van der Waals surface area contributed by atoms with Gasteiger partial charge in [0, 0.05) is 14.1 Å². The van der Waals surface area contributed by atoms with E-state index in [0.29, 0.717) is 12.1 Å². The van der Waals surface area contributed by atoms with Crippen molar-refractivity contribution in [3.63, 3.8) is 0 Å². The molecule has 1 unspecified atom stereocenters. The summed E-state index contributed by atoms with van der Waals surface area (Å²) < 4.78 is 38.3. The molecule has 0 spiro atoms. The maximum absolute atomic E-state index is 12.8. The van der Waals surface area contributed by atoms with Gasteiger partial charge in [-0.25, -0.2) is 4.79 Å². The minimum Gasteiger partial charge on any atom is -0.394 e. The van der Waals surface area contributed by atoms with E-state index in [2.05, 4.69) is 10.6 Å². The Morgan fingerprint density at radius 2 is 2.00 bits per heavy atom. The van der Waals surface area contributed by atoms with Crippen LogP contribution in [0.4, 0.5) is 29.3 Å². The van der Waals surface area contributed by atoms with Crippen LogP contribution in [0.5, 0.6) is 0 Å². The van der Waals surface area contributed by atoms with E-state index in [9.17, 15) is 18.0 Å². The number of urea groups is 1. The second-order valence-electron chi connectivity index (χ2n) is 5.01. The fourth-order valence-electron chi connectivity index (χ4n) is 1.82. The molecule has 0 aliphatic heterocycles. The van der Waals surface area contributed by atoms with E-state index >= 15 is 0 Å². The first kappa shape index (κ1) is 18.1. The summed E-state index contributed by atoms with van der Waals surface area (Å²) >= 11 is 0. The Morgan fingerprint density at radius 3 is 2.45 bits per heavy atom. The zero-order valence-corrected chi connectivity index (χ0v) is 12.7. The SMILES string of the molecule is CCC(CO)NC(=O)Nc1cc(C(F)(F)F)ccc1N(C)C. The van der Waals surface area contributed by atoms with Crippen LogP contribution in [-0.2, 0) is 6.18 Å². The molecule has 0 saturated carbocycles. The lowest BCUT2D eigenvalue weighted by Crippen LogP contribution is -2.40. The largest absolute Gasteiger partial charge is 0.416 e.